The second-order valence-corrected chi connectivity index (χ2v) is 14.1. The Morgan fingerprint density at radius 1 is 0.593 bits per heavy atom. The summed E-state index contributed by atoms with van der Waals surface area (Å²) in [5.74, 6) is 4.45. The molecule has 6 aromatic rings. The molecule has 8 nitrogen and oxygen atoms in total. The topological polar surface area (TPSA) is 85.3 Å². The van der Waals surface area contributed by atoms with Crippen LogP contribution in [-0.4, -0.2) is 19.9 Å². The van der Waals surface area contributed by atoms with Crippen molar-refractivity contribution in [2.75, 3.05) is 10.2 Å². The average molecular weight is 717 g/mol. The van der Waals surface area contributed by atoms with E-state index in [4.69, 9.17) is 29.4 Å². The molecule has 2 aromatic heterocycles. The van der Waals surface area contributed by atoms with E-state index in [1.807, 2.05) is 36.7 Å². The van der Waals surface area contributed by atoms with Crippen LogP contribution >= 0.6 is 0 Å². The van der Waals surface area contributed by atoms with Crippen LogP contribution in [-0.2, 0) is 25.7 Å². The van der Waals surface area contributed by atoms with Crippen LogP contribution in [0.2, 0.25) is 0 Å². The summed E-state index contributed by atoms with van der Waals surface area (Å²) in [5, 5.41) is 3.96. The lowest BCUT2D eigenvalue weighted by Gasteiger charge is -2.39. The van der Waals surface area contributed by atoms with Crippen LogP contribution < -0.4 is 19.7 Å². The molecule has 4 aromatic carbocycles. The molecule has 0 radical (unpaired) electrons. The first-order chi connectivity index (χ1) is 26.6. The first-order valence-electron chi connectivity index (χ1n) is 19.7. The van der Waals surface area contributed by atoms with Crippen molar-refractivity contribution in [2.24, 2.45) is 0 Å². The smallest absolute Gasteiger partial charge is 0.175 e. The highest BCUT2D eigenvalue weighted by molar-refractivity contribution is 6.02. The normalized spacial score (nSPS) is 12.5. The summed E-state index contributed by atoms with van der Waals surface area (Å²) in [6.07, 6.45) is 17.2. The molecule has 0 atom stereocenters. The Bertz CT molecular complexity index is 2270. The molecule has 0 spiro atoms. The molecule has 0 saturated carbocycles. The molecule has 54 heavy (non-hydrogen) atoms. The van der Waals surface area contributed by atoms with Gasteiger partial charge in [0.15, 0.2) is 34.6 Å². The molecule has 0 bridgehead atoms. The second-order valence-electron chi connectivity index (χ2n) is 14.1. The predicted molar refractivity (Wildman–Crippen MR) is 218 cm³/mol. The summed E-state index contributed by atoms with van der Waals surface area (Å²) in [4.78, 5) is 21.8. The van der Waals surface area contributed by atoms with Gasteiger partial charge in [0.2, 0.25) is 0 Å². The van der Waals surface area contributed by atoms with E-state index < -0.39 is 0 Å². The van der Waals surface area contributed by atoms with Crippen molar-refractivity contribution in [3.8, 4) is 45.8 Å². The van der Waals surface area contributed by atoms with Crippen LogP contribution in [0.25, 0.3) is 22.8 Å². The molecule has 0 fully saturated rings. The fourth-order valence-electron chi connectivity index (χ4n) is 7.70. The molecule has 0 saturated heterocycles. The van der Waals surface area contributed by atoms with Crippen LogP contribution in [0.15, 0.2) is 91.5 Å². The molecule has 0 unspecified atom stereocenters. The molecular formula is C46H48N6O2. The maximum atomic E-state index is 7.27. The Hall–Kier alpha value is -5.76. The summed E-state index contributed by atoms with van der Waals surface area (Å²) in [6, 6.07) is 23.0. The lowest BCUT2D eigenvalue weighted by molar-refractivity contribution is 0.470. The molecule has 4 heterocycles. The summed E-state index contributed by atoms with van der Waals surface area (Å²) < 4.78 is 14.0. The van der Waals surface area contributed by atoms with Gasteiger partial charge in [-0.2, -0.15) is 0 Å². The maximum Gasteiger partial charge on any atom is 0.175 e. The first-order valence-corrected chi connectivity index (χ1v) is 19.7. The average Bonchev–Trinajstić information content (AvgIpc) is 3.22. The first kappa shape index (κ1) is 35.3. The zero-order chi connectivity index (χ0) is 37.0. The lowest BCUT2D eigenvalue weighted by Crippen LogP contribution is -2.22. The highest BCUT2D eigenvalue weighted by Crippen LogP contribution is 2.61. The van der Waals surface area contributed by atoms with Gasteiger partial charge >= 0.3 is 0 Å². The number of nitrogens with one attached hydrogen (secondary N) is 1. The standard InChI is InChI=1S/C46H48N6O2/c1-5-9-15-31-21-22-37-35(28-31)51-41-32(16-10-6-2)40(46-49-26-14-27-50-46)33(17-11-7-3)43(44(41)54-37)52-36-29-30(8-4)20-23-38(36)53-39-19-12-18-34(42(39)52)45-47-24-13-25-48-45/h12-14,18-29,51H,5-11,15-17H2,1-4H3. The van der Waals surface area contributed by atoms with Crippen molar-refractivity contribution in [1.29, 1.82) is 0 Å². The number of anilines is 5. The number of para-hydroxylation sites is 1. The number of rotatable bonds is 13. The number of fused-ring (bicyclic) bond motifs is 4. The number of nitrogens with zero attached hydrogens (tertiary/aromatic N) is 5. The summed E-state index contributed by atoms with van der Waals surface area (Å²) in [5.41, 5.74) is 11.5. The molecule has 0 aliphatic carbocycles. The zero-order valence-corrected chi connectivity index (χ0v) is 31.8. The number of aromatic nitrogens is 4. The van der Waals surface area contributed by atoms with Crippen LogP contribution in [0.1, 0.15) is 88.5 Å². The Kier molecular flexibility index (Phi) is 10.2. The predicted octanol–water partition coefficient (Wildman–Crippen LogP) is 12.6. The third-order valence-corrected chi connectivity index (χ3v) is 10.5. The largest absolute Gasteiger partial charge is 0.453 e. The molecule has 2 aliphatic rings. The molecule has 2 aliphatic heterocycles. The minimum absolute atomic E-state index is 0.622. The molecule has 8 heteroatoms. The van der Waals surface area contributed by atoms with Gasteiger partial charge in [-0.15, -0.1) is 0 Å². The second kappa shape index (κ2) is 15.7. The quantitative estimate of drug-likeness (QED) is 0.126. The minimum Gasteiger partial charge on any atom is -0.453 e. The SMILES string of the molecule is CCCCc1ccc2c(c1)Nc1c(CCCC)c(-c3ncccn3)c(CCCC)c(N3c4cc(CC)ccc4Oc4cccc(-c5ncccn5)c43)c1O2. The zero-order valence-electron chi connectivity index (χ0n) is 31.8. The van der Waals surface area contributed by atoms with E-state index in [0.717, 1.165) is 138 Å². The van der Waals surface area contributed by atoms with Crippen LogP contribution in [0.4, 0.5) is 28.4 Å². The fraction of sp³-hybridized carbons (Fsp3) is 0.304. The van der Waals surface area contributed by atoms with E-state index in [1.54, 1.807) is 12.4 Å². The Balaban J connectivity index is 1.50. The van der Waals surface area contributed by atoms with Gasteiger partial charge in [0.1, 0.15) is 5.69 Å². The number of benzene rings is 4. The van der Waals surface area contributed by atoms with Gasteiger partial charge in [-0.3, -0.25) is 4.90 Å². The fourth-order valence-corrected chi connectivity index (χ4v) is 7.70. The van der Waals surface area contributed by atoms with Gasteiger partial charge < -0.3 is 14.8 Å². The molecule has 1 N–H and O–H groups in total. The summed E-state index contributed by atoms with van der Waals surface area (Å²) in [7, 11) is 0. The van der Waals surface area contributed by atoms with Gasteiger partial charge in [-0.05, 0) is 116 Å². The van der Waals surface area contributed by atoms with Crippen molar-refractivity contribution in [2.45, 2.75) is 91.9 Å². The third kappa shape index (κ3) is 6.55. The van der Waals surface area contributed by atoms with E-state index >= 15 is 0 Å². The van der Waals surface area contributed by atoms with E-state index in [-0.39, 0.29) is 0 Å². The van der Waals surface area contributed by atoms with E-state index in [1.165, 1.54) is 16.7 Å². The molecular weight excluding hydrogens is 669 g/mol. The molecule has 274 valence electrons. The van der Waals surface area contributed by atoms with Crippen LogP contribution in [0, 0.1) is 0 Å². The minimum atomic E-state index is 0.622. The summed E-state index contributed by atoms with van der Waals surface area (Å²) in [6.45, 7) is 8.92. The van der Waals surface area contributed by atoms with Crippen LogP contribution in [0.3, 0.4) is 0 Å². The van der Waals surface area contributed by atoms with Crippen molar-refractivity contribution < 1.29 is 9.47 Å². The van der Waals surface area contributed by atoms with Crippen molar-refractivity contribution in [3.63, 3.8) is 0 Å². The number of hydrogen-bond acceptors (Lipinski definition) is 8. The maximum absolute atomic E-state index is 7.27. The number of unbranched alkanes of at least 4 members (excludes halogenated alkanes) is 3. The van der Waals surface area contributed by atoms with Crippen molar-refractivity contribution in [1.82, 2.24) is 19.9 Å². The molecule has 8 rings (SSSR count). The molecule has 0 amide bonds. The van der Waals surface area contributed by atoms with Gasteiger partial charge in [-0.25, -0.2) is 19.9 Å². The number of ether oxygens (including phenoxy) is 2. The van der Waals surface area contributed by atoms with E-state index in [0.29, 0.717) is 5.82 Å². The third-order valence-electron chi connectivity index (χ3n) is 10.5. The number of hydrogen-bond donors (Lipinski definition) is 1. The summed E-state index contributed by atoms with van der Waals surface area (Å²) >= 11 is 0. The highest BCUT2D eigenvalue weighted by Gasteiger charge is 2.38. The van der Waals surface area contributed by atoms with Gasteiger partial charge in [0, 0.05) is 35.9 Å². The number of aryl methyl sites for hydroxylation is 2. The monoisotopic (exact) mass is 716 g/mol. The van der Waals surface area contributed by atoms with Crippen LogP contribution in [0.5, 0.6) is 23.0 Å². The lowest BCUT2D eigenvalue weighted by atomic mass is 9.87. The Morgan fingerprint density at radius 3 is 1.98 bits per heavy atom. The van der Waals surface area contributed by atoms with Gasteiger partial charge in [-0.1, -0.05) is 65.2 Å². The van der Waals surface area contributed by atoms with Crippen molar-refractivity contribution >= 4 is 28.4 Å². The van der Waals surface area contributed by atoms with Gasteiger partial charge in [0.05, 0.1) is 22.7 Å². The Labute approximate surface area is 318 Å². The highest BCUT2D eigenvalue weighted by atomic mass is 16.5. The van der Waals surface area contributed by atoms with Crippen molar-refractivity contribution in [3.05, 3.63) is 114 Å². The van der Waals surface area contributed by atoms with Gasteiger partial charge in [0.25, 0.3) is 0 Å². The van der Waals surface area contributed by atoms with E-state index in [2.05, 4.69) is 80.4 Å². The van der Waals surface area contributed by atoms with E-state index in [9.17, 15) is 0 Å². The Morgan fingerprint density at radius 2 is 1.26 bits per heavy atom.